The minimum Gasteiger partial charge on any atom is -0.489 e. The van der Waals surface area contributed by atoms with E-state index in [0.29, 0.717) is 12.5 Å². The Morgan fingerprint density at radius 2 is 2.18 bits per heavy atom. The number of anilines is 1. The third-order valence-electron chi connectivity index (χ3n) is 5.30. The summed E-state index contributed by atoms with van der Waals surface area (Å²) in [6.07, 6.45) is 6.41. The van der Waals surface area contributed by atoms with Gasteiger partial charge in [0.2, 0.25) is 0 Å². The van der Waals surface area contributed by atoms with E-state index in [2.05, 4.69) is 24.1 Å². The van der Waals surface area contributed by atoms with Gasteiger partial charge in [0.05, 0.1) is 11.8 Å². The first kappa shape index (κ1) is 20.6. The smallest absolute Gasteiger partial charge is 0.256 e. The molecule has 0 saturated heterocycles. The fraction of sp³-hybridized carbons (Fsp3) is 0.565. The first-order valence-electron chi connectivity index (χ1n) is 10.4. The lowest BCUT2D eigenvalue weighted by Gasteiger charge is -2.38. The Morgan fingerprint density at radius 1 is 1.36 bits per heavy atom. The zero-order valence-corrected chi connectivity index (χ0v) is 17.5. The number of benzene rings is 1. The summed E-state index contributed by atoms with van der Waals surface area (Å²) in [5, 5.41) is 4.02. The normalized spacial score (nSPS) is 22.4. The lowest BCUT2D eigenvalue weighted by atomic mass is 9.78. The summed E-state index contributed by atoms with van der Waals surface area (Å²) in [6, 6.07) is 7.63. The summed E-state index contributed by atoms with van der Waals surface area (Å²) in [5.41, 5.74) is 0.770. The predicted octanol–water partition coefficient (Wildman–Crippen LogP) is 5.34. The molecule has 1 saturated carbocycles. The lowest BCUT2D eigenvalue weighted by Crippen LogP contribution is -2.48. The quantitative estimate of drug-likeness (QED) is 0.700. The Morgan fingerprint density at radius 3 is 2.89 bits per heavy atom. The van der Waals surface area contributed by atoms with Gasteiger partial charge in [0.15, 0.2) is 0 Å². The zero-order chi connectivity index (χ0) is 20.1. The van der Waals surface area contributed by atoms with Gasteiger partial charge in [0, 0.05) is 18.2 Å². The molecule has 5 nitrogen and oxygen atoms in total. The molecule has 0 radical (unpaired) electrons. The molecule has 3 rings (SSSR count). The Kier molecular flexibility index (Phi) is 6.55. The van der Waals surface area contributed by atoms with Gasteiger partial charge in [-0.05, 0) is 69.7 Å². The van der Waals surface area contributed by atoms with Gasteiger partial charge in [-0.3, -0.25) is 9.78 Å². The Balaban J connectivity index is 1.91. The first-order chi connectivity index (χ1) is 13.4. The molecule has 2 aromatic rings. The first-order valence-corrected chi connectivity index (χ1v) is 10.4. The van der Waals surface area contributed by atoms with Gasteiger partial charge in [-0.25, -0.2) is 0 Å². The molecule has 1 aliphatic carbocycles. The third kappa shape index (κ3) is 4.46. The number of hydrogen-bond donors (Lipinski definition) is 1. The van der Waals surface area contributed by atoms with Crippen molar-refractivity contribution < 1.29 is 14.3 Å². The SMILES string of the molecule is CCCO[C@@]1(C(=O)Nc2ccc(OC(C)C)c3ncccc23)CCC[C@@H](C)C1. The Labute approximate surface area is 167 Å². The number of carbonyl (C=O) groups excluding carboxylic acids is 1. The zero-order valence-electron chi connectivity index (χ0n) is 17.5. The number of amides is 1. The number of fused-ring (bicyclic) bond motifs is 1. The van der Waals surface area contributed by atoms with E-state index in [9.17, 15) is 4.79 Å². The summed E-state index contributed by atoms with van der Waals surface area (Å²) in [6.45, 7) is 8.86. The average molecular weight is 385 g/mol. The molecule has 5 heteroatoms. The van der Waals surface area contributed by atoms with Crippen molar-refractivity contribution in [1.29, 1.82) is 0 Å². The number of nitrogens with zero attached hydrogens (tertiary/aromatic N) is 1. The molecule has 0 aliphatic heterocycles. The number of carbonyl (C=O) groups is 1. The van der Waals surface area contributed by atoms with Gasteiger partial charge in [0.1, 0.15) is 16.9 Å². The van der Waals surface area contributed by atoms with E-state index in [-0.39, 0.29) is 12.0 Å². The molecule has 1 fully saturated rings. The number of rotatable bonds is 7. The molecule has 1 N–H and O–H groups in total. The topological polar surface area (TPSA) is 60.5 Å². The highest BCUT2D eigenvalue weighted by Crippen LogP contribution is 2.37. The number of pyridine rings is 1. The van der Waals surface area contributed by atoms with Crippen LogP contribution in [0.3, 0.4) is 0 Å². The van der Waals surface area contributed by atoms with E-state index in [1.54, 1.807) is 6.20 Å². The second-order valence-electron chi connectivity index (χ2n) is 8.18. The van der Waals surface area contributed by atoms with Gasteiger partial charge in [-0.1, -0.05) is 20.3 Å². The molecule has 1 aliphatic rings. The van der Waals surface area contributed by atoms with Crippen molar-refractivity contribution in [3.05, 3.63) is 30.5 Å². The summed E-state index contributed by atoms with van der Waals surface area (Å²) >= 11 is 0. The van der Waals surface area contributed by atoms with E-state index in [1.165, 1.54) is 0 Å². The van der Waals surface area contributed by atoms with Crippen LogP contribution in [0.2, 0.25) is 0 Å². The minimum absolute atomic E-state index is 0.0461. The fourth-order valence-electron chi connectivity index (χ4n) is 4.04. The fourth-order valence-corrected chi connectivity index (χ4v) is 4.04. The number of hydrogen-bond acceptors (Lipinski definition) is 4. The third-order valence-corrected chi connectivity index (χ3v) is 5.30. The van der Waals surface area contributed by atoms with Gasteiger partial charge in [-0.2, -0.15) is 0 Å². The molecule has 152 valence electrons. The molecule has 1 aromatic heterocycles. The van der Waals surface area contributed by atoms with Crippen molar-refractivity contribution in [2.24, 2.45) is 5.92 Å². The molecule has 0 unspecified atom stereocenters. The second kappa shape index (κ2) is 8.91. The van der Waals surface area contributed by atoms with Crippen LogP contribution in [-0.4, -0.2) is 29.2 Å². The van der Waals surface area contributed by atoms with Crippen LogP contribution < -0.4 is 10.1 Å². The standard InChI is InChI=1S/C23H32N2O3/c1-5-14-27-23(12-6-8-17(4)15-23)22(26)25-19-10-11-20(28-16(2)3)21-18(19)9-7-13-24-21/h7,9-11,13,16-17H,5-6,8,12,14-15H2,1-4H3,(H,25,26)/t17-,23+/m1/s1. The molecule has 1 aromatic carbocycles. The summed E-state index contributed by atoms with van der Waals surface area (Å²) in [4.78, 5) is 17.8. The van der Waals surface area contributed by atoms with E-state index >= 15 is 0 Å². The van der Waals surface area contributed by atoms with Crippen molar-refractivity contribution in [3.8, 4) is 5.75 Å². The summed E-state index contributed by atoms with van der Waals surface area (Å²) in [5.74, 6) is 1.17. The molecule has 0 spiro atoms. The van der Waals surface area contributed by atoms with Crippen LogP contribution in [0.15, 0.2) is 30.5 Å². The maximum Gasteiger partial charge on any atom is 0.256 e. The van der Waals surface area contributed by atoms with Crippen LogP contribution in [-0.2, 0) is 9.53 Å². The molecule has 1 amide bonds. The lowest BCUT2D eigenvalue weighted by molar-refractivity contribution is -0.148. The van der Waals surface area contributed by atoms with Crippen molar-refractivity contribution in [1.82, 2.24) is 4.98 Å². The monoisotopic (exact) mass is 384 g/mol. The second-order valence-corrected chi connectivity index (χ2v) is 8.18. The highest BCUT2D eigenvalue weighted by atomic mass is 16.5. The van der Waals surface area contributed by atoms with Crippen LogP contribution in [0.1, 0.15) is 59.8 Å². The van der Waals surface area contributed by atoms with E-state index < -0.39 is 5.60 Å². The molecule has 1 heterocycles. The van der Waals surface area contributed by atoms with Crippen LogP contribution in [0.5, 0.6) is 5.75 Å². The molecule has 2 atom stereocenters. The largest absolute Gasteiger partial charge is 0.489 e. The maximum absolute atomic E-state index is 13.4. The van der Waals surface area contributed by atoms with Gasteiger partial charge in [-0.15, -0.1) is 0 Å². The number of ether oxygens (including phenoxy) is 2. The van der Waals surface area contributed by atoms with E-state index in [0.717, 1.165) is 54.4 Å². The van der Waals surface area contributed by atoms with Crippen molar-refractivity contribution in [2.45, 2.75) is 71.5 Å². The predicted molar refractivity (Wildman–Crippen MR) is 113 cm³/mol. The van der Waals surface area contributed by atoms with E-state index in [4.69, 9.17) is 9.47 Å². The molecular formula is C23H32N2O3. The van der Waals surface area contributed by atoms with Gasteiger partial charge >= 0.3 is 0 Å². The average Bonchev–Trinajstić information content (AvgIpc) is 2.68. The Bertz CT molecular complexity index is 821. The Hall–Kier alpha value is -2.14. The van der Waals surface area contributed by atoms with Gasteiger partial charge in [0.25, 0.3) is 5.91 Å². The number of aromatic nitrogens is 1. The van der Waals surface area contributed by atoms with Crippen molar-refractivity contribution in [3.63, 3.8) is 0 Å². The molecule has 28 heavy (non-hydrogen) atoms. The minimum atomic E-state index is -0.741. The highest BCUT2D eigenvalue weighted by molar-refractivity contribution is 6.05. The van der Waals surface area contributed by atoms with Gasteiger partial charge < -0.3 is 14.8 Å². The van der Waals surface area contributed by atoms with E-state index in [1.807, 2.05) is 38.1 Å². The molecule has 0 bridgehead atoms. The van der Waals surface area contributed by atoms with Crippen LogP contribution in [0, 0.1) is 5.92 Å². The van der Waals surface area contributed by atoms with Crippen LogP contribution in [0.4, 0.5) is 5.69 Å². The van der Waals surface area contributed by atoms with Crippen LogP contribution in [0.25, 0.3) is 10.9 Å². The summed E-state index contributed by atoms with van der Waals surface area (Å²) < 4.78 is 12.1. The summed E-state index contributed by atoms with van der Waals surface area (Å²) in [7, 11) is 0. The molecular weight excluding hydrogens is 352 g/mol. The van der Waals surface area contributed by atoms with Crippen LogP contribution >= 0.6 is 0 Å². The number of nitrogens with one attached hydrogen (secondary N) is 1. The maximum atomic E-state index is 13.4. The highest BCUT2D eigenvalue weighted by Gasteiger charge is 2.42. The van der Waals surface area contributed by atoms with Crippen molar-refractivity contribution in [2.75, 3.05) is 11.9 Å². The van der Waals surface area contributed by atoms with Crippen molar-refractivity contribution >= 4 is 22.5 Å².